The van der Waals surface area contributed by atoms with Gasteiger partial charge in [0, 0.05) is 39.1 Å². The lowest BCUT2D eigenvalue weighted by atomic mass is 10.1. The lowest BCUT2D eigenvalue weighted by molar-refractivity contribution is -0.133. The van der Waals surface area contributed by atoms with E-state index < -0.39 is 0 Å². The molecular weight excluding hydrogens is 352 g/mol. The number of nitrogens with zero attached hydrogens (tertiary/aromatic N) is 2. The molecule has 5 nitrogen and oxygen atoms in total. The van der Waals surface area contributed by atoms with Crippen LogP contribution in [0.25, 0.3) is 0 Å². The van der Waals surface area contributed by atoms with Crippen molar-refractivity contribution in [3.05, 3.63) is 60.2 Å². The molecule has 1 aliphatic heterocycles. The van der Waals surface area contributed by atoms with E-state index in [-0.39, 0.29) is 5.91 Å². The van der Waals surface area contributed by atoms with Crippen molar-refractivity contribution in [1.29, 1.82) is 0 Å². The first kappa shape index (κ1) is 20.2. The quantitative estimate of drug-likeness (QED) is 0.625. The van der Waals surface area contributed by atoms with E-state index >= 15 is 0 Å². The molecule has 0 N–H and O–H groups in total. The van der Waals surface area contributed by atoms with Crippen LogP contribution in [0.3, 0.4) is 0 Å². The summed E-state index contributed by atoms with van der Waals surface area (Å²) in [6.07, 6.45) is 2.27. The summed E-state index contributed by atoms with van der Waals surface area (Å²) in [5.74, 6) is 2.05. The van der Waals surface area contributed by atoms with Crippen LogP contribution in [0.15, 0.2) is 54.6 Å². The van der Waals surface area contributed by atoms with E-state index in [1.54, 1.807) is 7.11 Å². The number of rotatable bonds is 9. The standard InChI is InChI=1S/C23H30N2O3/c1-27-22-11-6-5-8-20(22)13-14-24-15-17-25(18-16-24)23(26)12-7-19-28-21-9-3-2-4-10-21/h2-6,8-11H,7,12-19H2,1H3. The van der Waals surface area contributed by atoms with Gasteiger partial charge in [-0.05, 0) is 36.6 Å². The van der Waals surface area contributed by atoms with Crippen LogP contribution in [-0.4, -0.2) is 62.1 Å². The van der Waals surface area contributed by atoms with Crippen molar-refractivity contribution in [2.75, 3.05) is 46.4 Å². The van der Waals surface area contributed by atoms with E-state index in [9.17, 15) is 4.79 Å². The molecule has 1 aliphatic rings. The van der Waals surface area contributed by atoms with E-state index in [4.69, 9.17) is 9.47 Å². The van der Waals surface area contributed by atoms with Crippen molar-refractivity contribution in [2.45, 2.75) is 19.3 Å². The number of ether oxygens (including phenoxy) is 2. The highest BCUT2D eigenvalue weighted by molar-refractivity contribution is 5.76. The summed E-state index contributed by atoms with van der Waals surface area (Å²) in [5.41, 5.74) is 1.24. The molecule has 2 aromatic rings. The van der Waals surface area contributed by atoms with Gasteiger partial charge in [-0.2, -0.15) is 0 Å². The zero-order valence-corrected chi connectivity index (χ0v) is 16.7. The maximum Gasteiger partial charge on any atom is 0.222 e. The molecule has 0 atom stereocenters. The largest absolute Gasteiger partial charge is 0.496 e. The summed E-state index contributed by atoms with van der Waals surface area (Å²) < 4.78 is 11.1. The number of hydrogen-bond acceptors (Lipinski definition) is 4. The molecule has 1 heterocycles. The SMILES string of the molecule is COc1ccccc1CCN1CCN(C(=O)CCCOc2ccccc2)CC1. The van der Waals surface area contributed by atoms with Gasteiger partial charge in [0.05, 0.1) is 13.7 Å². The van der Waals surface area contributed by atoms with Gasteiger partial charge in [0.15, 0.2) is 0 Å². The predicted molar refractivity (Wildman–Crippen MR) is 111 cm³/mol. The van der Waals surface area contributed by atoms with Gasteiger partial charge in [0.1, 0.15) is 11.5 Å². The van der Waals surface area contributed by atoms with Crippen LogP contribution < -0.4 is 9.47 Å². The van der Waals surface area contributed by atoms with Crippen LogP contribution in [0.1, 0.15) is 18.4 Å². The molecule has 1 amide bonds. The molecule has 5 heteroatoms. The Morgan fingerprint density at radius 2 is 1.68 bits per heavy atom. The fraction of sp³-hybridized carbons (Fsp3) is 0.435. The van der Waals surface area contributed by atoms with Crippen molar-refractivity contribution in [3.8, 4) is 11.5 Å². The average Bonchev–Trinajstić information content (AvgIpc) is 2.76. The minimum atomic E-state index is 0.237. The highest BCUT2D eigenvalue weighted by atomic mass is 16.5. The first-order valence-corrected chi connectivity index (χ1v) is 10.1. The topological polar surface area (TPSA) is 42.0 Å². The zero-order valence-electron chi connectivity index (χ0n) is 16.7. The average molecular weight is 383 g/mol. The predicted octanol–water partition coefficient (Wildman–Crippen LogP) is 3.24. The van der Waals surface area contributed by atoms with Gasteiger partial charge in [0.2, 0.25) is 5.91 Å². The number of methoxy groups -OCH3 is 1. The van der Waals surface area contributed by atoms with Gasteiger partial charge in [-0.3, -0.25) is 9.69 Å². The second-order valence-electron chi connectivity index (χ2n) is 7.05. The Bertz CT molecular complexity index is 728. The Hall–Kier alpha value is -2.53. The van der Waals surface area contributed by atoms with Gasteiger partial charge < -0.3 is 14.4 Å². The fourth-order valence-corrected chi connectivity index (χ4v) is 3.50. The molecule has 2 aromatic carbocycles. The molecule has 0 bridgehead atoms. The summed E-state index contributed by atoms with van der Waals surface area (Å²) in [7, 11) is 1.72. The number of carbonyl (C=O) groups is 1. The van der Waals surface area contributed by atoms with Crippen LogP contribution >= 0.6 is 0 Å². The first-order chi connectivity index (χ1) is 13.8. The Kier molecular flexibility index (Phi) is 7.73. The first-order valence-electron chi connectivity index (χ1n) is 10.1. The van der Waals surface area contributed by atoms with Gasteiger partial charge in [-0.1, -0.05) is 36.4 Å². The highest BCUT2D eigenvalue weighted by Crippen LogP contribution is 2.18. The van der Waals surface area contributed by atoms with E-state index in [0.717, 1.165) is 57.1 Å². The molecule has 0 aliphatic carbocycles. The summed E-state index contributed by atoms with van der Waals surface area (Å²) in [4.78, 5) is 16.8. The lowest BCUT2D eigenvalue weighted by Crippen LogP contribution is -2.49. The molecule has 28 heavy (non-hydrogen) atoms. The molecule has 0 aromatic heterocycles. The minimum Gasteiger partial charge on any atom is -0.496 e. The molecule has 0 saturated carbocycles. The summed E-state index contributed by atoms with van der Waals surface area (Å²) in [6.45, 7) is 5.05. The number of para-hydroxylation sites is 2. The minimum absolute atomic E-state index is 0.237. The van der Waals surface area contributed by atoms with Crippen molar-refractivity contribution in [3.63, 3.8) is 0 Å². The highest BCUT2D eigenvalue weighted by Gasteiger charge is 2.20. The Morgan fingerprint density at radius 3 is 2.43 bits per heavy atom. The van der Waals surface area contributed by atoms with Gasteiger partial charge in [0.25, 0.3) is 0 Å². The molecule has 1 fully saturated rings. The smallest absolute Gasteiger partial charge is 0.222 e. The summed E-state index contributed by atoms with van der Waals surface area (Å²) in [6, 6.07) is 17.9. The Labute approximate surface area is 167 Å². The van der Waals surface area contributed by atoms with Crippen LogP contribution in [0.5, 0.6) is 11.5 Å². The second kappa shape index (κ2) is 10.7. The maximum atomic E-state index is 12.4. The molecule has 0 unspecified atom stereocenters. The molecular formula is C23H30N2O3. The number of hydrogen-bond donors (Lipinski definition) is 0. The van der Waals surface area contributed by atoms with Crippen molar-refractivity contribution in [1.82, 2.24) is 9.80 Å². The van der Waals surface area contributed by atoms with E-state index in [1.807, 2.05) is 47.4 Å². The van der Waals surface area contributed by atoms with Gasteiger partial charge >= 0.3 is 0 Å². The zero-order chi connectivity index (χ0) is 19.6. The van der Waals surface area contributed by atoms with Crippen LogP contribution in [0.2, 0.25) is 0 Å². The fourth-order valence-electron chi connectivity index (χ4n) is 3.50. The van der Waals surface area contributed by atoms with Crippen molar-refractivity contribution in [2.24, 2.45) is 0 Å². The van der Waals surface area contributed by atoms with E-state index in [0.29, 0.717) is 13.0 Å². The number of benzene rings is 2. The maximum absolute atomic E-state index is 12.4. The molecule has 150 valence electrons. The van der Waals surface area contributed by atoms with Crippen LogP contribution in [-0.2, 0) is 11.2 Å². The number of amides is 1. The Morgan fingerprint density at radius 1 is 0.964 bits per heavy atom. The van der Waals surface area contributed by atoms with Crippen LogP contribution in [0.4, 0.5) is 0 Å². The molecule has 3 rings (SSSR count). The summed E-state index contributed by atoms with van der Waals surface area (Å²) >= 11 is 0. The lowest BCUT2D eigenvalue weighted by Gasteiger charge is -2.35. The van der Waals surface area contributed by atoms with Gasteiger partial charge in [-0.15, -0.1) is 0 Å². The van der Waals surface area contributed by atoms with Crippen LogP contribution in [0, 0.1) is 0 Å². The third-order valence-electron chi connectivity index (χ3n) is 5.16. The monoisotopic (exact) mass is 382 g/mol. The van der Waals surface area contributed by atoms with E-state index in [2.05, 4.69) is 17.0 Å². The molecule has 1 saturated heterocycles. The van der Waals surface area contributed by atoms with Crippen molar-refractivity contribution >= 4 is 5.91 Å². The second-order valence-corrected chi connectivity index (χ2v) is 7.05. The Balaban J connectivity index is 1.32. The third kappa shape index (κ3) is 5.99. The molecule has 0 spiro atoms. The number of piperazine rings is 1. The third-order valence-corrected chi connectivity index (χ3v) is 5.16. The number of carbonyl (C=O) groups excluding carboxylic acids is 1. The summed E-state index contributed by atoms with van der Waals surface area (Å²) in [5, 5.41) is 0. The van der Waals surface area contributed by atoms with Gasteiger partial charge in [-0.25, -0.2) is 0 Å². The van der Waals surface area contributed by atoms with Crippen molar-refractivity contribution < 1.29 is 14.3 Å². The van der Waals surface area contributed by atoms with E-state index in [1.165, 1.54) is 5.56 Å². The molecule has 0 radical (unpaired) electrons. The normalized spacial score (nSPS) is 14.7.